The first-order valence-electron chi connectivity index (χ1n) is 7.81. The highest BCUT2D eigenvalue weighted by molar-refractivity contribution is 9.10. The second-order valence-electron chi connectivity index (χ2n) is 5.78. The fraction of sp³-hybridized carbons (Fsp3) is 0.158. The number of benzene rings is 2. The molecule has 5 nitrogen and oxygen atoms in total. The molecule has 0 saturated carbocycles. The normalized spacial score (nSPS) is 17.0. The standard InChI is InChI=1S/C19H17BrN2O3S/c1-10-5-4-6-11(2)16(10)21-19-22-18(24)15(26-19)9-12-7-13(20)17(23)14(8-12)25-3/h4-9,23H,1-3H3,(H,21,22,24)/b15-9-. The van der Waals surface area contributed by atoms with Gasteiger partial charge in [0.25, 0.3) is 5.91 Å². The highest BCUT2D eigenvalue weighted by atomic mass is 79.9. The number of aryl methyl sites for hydroxylation is 2. The predicted octanol–water partition coefficient (Wildman–Crippen LogP) is 4.67. The third kappa shape index (κ3) is 3.78. The van der Waals surface area contributed by atoms with Crippen molar-refractivity contribution < 1.29 is 14.6 Å². The maximum atomic E-state index is 12.3. The quantitative estimate of drug-likeness (QED) is 0.691. The van der Waals surface area contributed by atoms with Crippen molar-refractivity contribution in [2.45, 2.75) is 13.8 Å². The summed E-state index contributed by atoms with van der Waals surface area (Å²) in [7, 11) is 1.48. The summed E-state index contributed by atoms with van der Waals surface area (Å²) in [5, 5.41) is 13.2. The Morgan fingerprint density at radius 3 is 2.62 bits per heavy atom. The van der Waals surface area contributed by atoms with Crippen LogP contribution in [-0.2, 0) is 4.79 Å². The zero-order chi connectivity index (χ0) is 18.8. The minimum atomic E-state index is -0.205. The van der Waals surface area contributed by atoms with E-state index in [9.17, 15) is 9.90 Å². The van der Waals surface area contributed by atoms with Crippen LogP contribution in [0.1, 0.15) is 16.7 Å². The van der Waals surface area contributed by atoms with E-state index in [1.807, 2.05) is 32.0 Å². The molecule has 0 aliphatic carbocycles. The minimum Gasteiger partial charge on any atom is -0.503 e. The van der Waals surface area contributed by atoms with E-state index in [2.05, 4.69) is 26.2 Å². The van der Waals surface area contributed by atoms with Gasteiger partial charge in [-0.2, -0.15) is 0 Å². The number of ether oxygens (including phenoxy) is 1. The van der Waals surface area contributed by atoms with E-state index >= 15 is 0 Å². The van der Waals surface area contributed by atoms with E-state index in [0.29, 0.717) is 20.3 Å². The molecule has 2 N–H and O–H groups in total. The summed E-state index contributed by atoms with van der Waals surface area (Å²) >= 11 is 4.57. The van der Waals surface area contributed by atoms with Gasteiger partial charge in [-0.3, -0.25) is 4.79 Å². The molecule has 1 amide bonds. The molecule has 0 bridgehead atoms. The average molecular weight is 433 g/mol. The number of amidine groups is 1. The number of phenols is 1. The molecule has 0 spiro atoms. The molecule has 134 valence electrons. The van der Waals surface area contributed by atoms with Gasteiger partial charge in [-0.1, -0.05) is 18.2 Å². The van der Waals surface area contributed by atoms with E-state index < -0.39 is 0 Å². The maximum absolute atomic E-state index is 12.3. The number of hydrogen-bond acceptors (Lipinski definition) is 5. The maximum Gasteiger partial charge on any atom is 0.264 e. The molecular formula is C19H17BrN2O3S. The molecule has 0 aromatic heterocycles. The van der Waals surface area contributed by atoms with Gasteiger partial charge in [0.1, 0.15) is 0 Å². The van der Waals surface area contributed by atoms with Crippen LogP contribution in [0.5, 0.6) is 11.5 Å². The van der Waals surface area contributed by atoms with Gasteiger partial charge in [0.2, 0.25) is 0 Å². The van der Waals surface area contributed by atoms with Gasteiger partial charge in [-0.25, -0.2) is 4.99 Å². The molecule has 2 aromatic carbocycles. The molecule has 3 rings (SSSR count). The van der Waals surface area contributed by atoms with Crippen LogP contribution in [0.25, 0.3) is 6.08 Å². The number of thioether (sulfide) groups is 1. The van der Waals surface area contributed by atoms with Crippen molar-refractivity contribution in [3.8, 4) is 11.5 Å². The second-order valence-corrected chi connectivity index (χ2v) is 7.66. The third-order valence-electron chi connectivity index (χ3n) is 3.87. The number of carbonyl (C=O) groups excluding carboxylic acids is 1. The van der Waals surface area contributed by atoms with Crippen LogP contribution in [0.3, 0.4) is 0 Å². The first kappa shape index (κ1) is 18.5. The lowest BCUT2D eigenvalue weighted by Gasteiger charge is -2.06. The Balaban J connectivity index is 1.92. The number of nitrogens with one attached hydrogen (secondary N) is 1. The molecule has 7 heteroatoms. The number of phenolic OH excluding ortho intramolecular Hbond substituents is 1. The number of amides is 1. The van der Waals surface area contributed by atoms with Crippen LogP contribution in [0.15, 0.2) is 44.7 Å². The number of rotatable bonds is 3. The highest BCUT2D eigenvalue weighted by Gasteiger charge is 2.24. The number of carbonyl (C=O) groups is 1. The fourth-order valence-corrected chi connectivity index (χ4v) is 3.84. The third-order valence-corrected chi connectivity index (χ3v) is 5.39. The van der Waals surface area contributed by atoms with Crippen molar-refractivity contribution >= 4 is 50.5 Å². The minimum absolute atomic E-state index is 0.0236. The number of nitrogens with zero attached hydrogens (tertiary/aromatic N) is 1. The van der Waals surface area contributed by atoms with Crippen molar-refractivity contribution in [2.24, 2.45) is 4.99 Å². The number of aromatic hydroxyl groups is 1. The zero-order valence-electron chi connectivity index (χ0n) is 14.5. The van der Waals surface area contributed by atoms with Crippen molar-refractivity contribution in [1.82, 2.24) is 5.32 Å². The molecule has 0 atom stereocenters. The summed E-state index contributed by atoms with van der Waals surface area (Å²) in [5.74, 6) is 0.151. The molecular weight excluding hydrogens is 416 g/mol. The van der Waals surface area contributed by atoms with Crippen molar-refractivity contribution in [1.29, 1.82) is 0 Å². The lowest BCUT2D eigenvalue weighted by atomic mass is 10.1. The zero-order valence-corrected chi connectivity index (χ0v) is 16.9. The summed E-state index contributed by atoms with van der Waals surface area (Å²) in [6, 6.07) is 9.35. The largest absolute Gasteiger partial charge is 0.503 e. The lowest BCUT2D eigenvalue weighted by molar-refractivity contribution is -0.115. The lowest BCUT2D eigenvalue weighted by Crippen LogP contribution is -2.19. The van der Waals surface area contributed by atoms with E-state index in [1.165, 1.54) is 18.9 Å². The van der Waals surface area contributed by atoms with Crippen molar-refractivity contribution in [3.05, 3.63) is 56.4 Å². The van der Waals surface area contributed by atoms with Gasteiger partial charge in [0.15, 0.2) is 16.7 Å². The Hall–Kier alpha value is -2.25. The molecule has 1 aliphatic heterocycles. The SMILES string of the molecule is COc1cc(/C=C2\SC(=Nc3c(C)cccc3C)NC2=O)cc(Br)c1O. The van der Waals surface area contributed by atoms with Crippen LogP contribution >= 0.6 is 27.7 Å². The molecule has 2 aromatic rings. The van der Waals surface area contributed by atoms with Gasteiger partial charge in [-0.05, 0) is 76.4 Å². The van der Waals surface area contributed by atoms with E-state index in [-0.39, 0.29) is 11.7 Å². The number of halogens is 1. The van der Waals surface area contributed by atoms with Crippen LogP contribution in [-0.4, -0.2) is 23.3 Å². The molecule has 1 heterocycles. The van der Waals surface area contributed by atoms with E-state index in [0.717, 1.165) is 22.4 Å². The molecule has 1 aliphatic rings. The first-order valence-corrected chi connectivity index (χ1v) is 9.42. The smallest absolute Gasteiger partial charge is 0.264 e. The Kier molecular flexibility index (Phi) is 5.38. The van der Waals surface area contributed by atoms with E-state index in [4.69, 9.17) is 4.74 Å². The highest BCUT2D eigenvalue weighted by Crippen LogP contribution is 2.37. The number of methoxy groups -OCH3 is 1. The Morgan fingerprint density at radius 2 is 1.96 bits per heavy atom. The Bertz CT molecular complexity index is 934. The number of para-hydroxylation sites is 1. The van der Waals surface area contributed by atoms with Crippen LogP contribution < -0.4 is 10.1 Å². The summed E-state index contributed by atoms with van der Waals surface area (Å²) in [6.45, 7) is 3.98. The second kappa shape index (κ2) is 7.55. The van der Waals surface area contributed by atoms with Crippen molar-refractivity contribution in [3.63, 3.8) is 0 Å². The van der Waals surface area contributed by atoms with Crippen LogP contribution in [0, 0.1) is 13.8 Å². The van der Waals surface area contributed by atoms with Gasteiger partial charge >= 0.3 is 0 Å². The average Bonchev–Trinajstić information content (AvgIpc) is 2.93. The monoisotopic (exact) mass is 432 g/mol. The van der Waals surface area contributed by atoms with Crippen molar-refractivity contribution in [2.75, 3.05) is 7.11 Å². The van der Waals surface area contributed by atoms with Gasteiger partial charge in [0, 0.05) is 0 Å². The number of aliphatic imine (C=N–C) groups is 1. The summed E-state index contributed by atoms with van der Waals surface area (Å²) in [4.78, 5) is 17.4. The van der Waals surface area contributed by atoms with Gasteiger partial charge in [-0.15, -0.1) is 0 Å². The molecule has 0 radical (unpaired) electrons. The molecule has 0 unspecified atom stereocenters. The first-order chi connectivity index (χ1) is 12.4. The molecule has 1 saturated heterocycles. The van der Waals surface area contributed by atoms with Gasteiger partial charge < -0.3 is 15.2 Å². The van der Waals surface area contributed by atoms with Gasteiger partial charge in [0.05, 0.1) is 22.2 Å². The predicted molar refractivity (Wildman–Crippen MR) is 109 cm³/mol. The fourth-order valence-electron chi connectivity index (χ4n) is 2.55. The Labute approximate surface area is 164 Å². The summed E-state index contributed by atoms with van der Waals surface area (Å²) < 4.78 is 5.64. The van der Waals surface area contributed by atoms with E-state index in [1.54, 1.807) is 18.2 Å². The summed E-state index contributed by atoms with van der Waals surface area (Å²) in [6.07, 6.45) is 1.74. The van der Waals surface area contributed by atoms with Crippen LogP contribution in [0.4, 0.5) is 5.69 Å². The van der Waals surface area contributed by atoms with Crippen LogP contribution in [0.2, 0.25) is 0 Å². The molecule has 26 heavy (non-hydrogen) atoms. The molecule has 1 fully saturated rings. The topological polar surface area (TPSA) is 70.9 Å². The Morgan fingerprint density at radius 1 is 1.27 bits per heavy atom. The summed E-state index contributed by atoms with van der Waals surface area (Å²) in [5.41, 5.74) is 3.71. The number of hydrogen-bond donors (Lipinski definition) is 2.